The van der Waals surface area contributed by atoms with Gasteiger partial charge in [-0.2, -0.15) is 0 Å². The molecular weight excluding hydrogens is 374 g/mol. The summed E-state index contributed by atoms with van der Waals surface area (Å²) < 4.78 is 0. The van der Waals surface area contributed by atoms with Crippen LogP contribution in [0.25, 0.3) is 22.5 Å². The van der Waals surface area contributed by atoms with E-state index in [1.165, 1.54) is 6.07 Å². The van der Waals surface area contributed by atoms with Gasteiger partial charge in [-0.25, -0.2) is 4.98 Å². The van der Waals surface area contributed by atoms with Crippen molar-refractivity contribution in [2.24, 2.45) is 0 Å². The van der Waals surface area contributed by atoms with Crippen LogP contribution in [0.3, 0.4) is 0 Å². The van der Waals surface area contributed by atoms with Gasteiger partial charge in [-0.3, -0.25) is 9.59 Å². The Morgan fingerprint density at radius 1 is 0.867 bits per heavy atom. The fraction of sp³-hybridized carbons (Fsp3) is 0.0800. The SMILES string of the molecule is CC(NC(=O)c1cc(=O)[nH]c(-c2ccccc2)n1)c1ccccc1-c1ccccc1. The third kappa shape index (κ3) is 4.20. The Bertz CT molecular complexity index is 1220. The van der Waals surface area contributed by atoms with E-state index in [0.29, 0.717) is 5.82 Å². The van der Waals surface area contributed by atoms with Crippen LogP contribution < -0.4 is 10.9 Å². The summed E-state index contributed by atoms with van der Waals surface area (Å²) in [5, 5.41) is 2.97. The van der Waals surface area contributed by atoms with Gasteiger partial charge in [0.2, 0.25) is 0 Å². The molecule has 1 heterocycles. The molecule has 5 heteroatoms. The van der Waals surface area contributed by atoms with Crippen LogP contribution in [0.2, 0.25) is 0 Å². The maximum absolute atomic E-state index is 12.9. The predicted molar refractivity (Wildman–Crippen MR) is 118 cm³/mol. The van der Waals surface area contributed by atoms with E-state index in [2.05, 4.69) is 15.3 Å². The molecule has 1 amide bonds. The lowest BCUT2D eigenvalue weighted by Gasteiger charge is -2.18. The van der Waals surface area contributed by atoms with Crippen molar-refractivity contribution in [3.05, 3.63) is 113 Å². The molecule has 3 aromatic carbocycles. The lowest BCUT2D eigenvalue weighted by molar-refractivity contribution is 0.0934. The Morgan fingerprint density at radius 3 is 2.17 bits per heavy atom. The number of rotatable bonds is 5. The van der Waals surface area contributed by atoms with Gasteiger partial charge in [-0.1, -0.05) is 84.9 Å². The number of benzene rings is 3. The van der Waals surface area contributed by atoms with Crippen LogP contribution in [0.4, 0.5) is 0 Å². The van der Waals surface area contributed by atoms with Crippen LogP contribution in [0.5, 0.6) is 0 Å². The molecule has 1 aromatic heterocycles. The Labute approximate surface area is 174 Å². The molecule has 148 valence electrons. The zero-order valence-electron chi connectivity index (χ0n) is 16.5. The minimum atomic E-state index is -0.395. The minimum absolute atomic E-state index is 0.0849. The molecule has 0 saturated carbocycles. The fourth-order valence-corrected chi connectivity index (χ4v) is 3.41. The number of nitrogens with zero attached hydrogens (tertiary/aromatic N) is 1. The molecule has 1 unspecified atom stereocenters. The molecule has 30 heavy (non-hydrogen) atoms. The predicted octanol–water partition coefficient (Wildman–Crippen LogP) is 4.59. The highest BCUT2D eigenvalue weighted by molar-refractivity contribution is 5.93. The molecule has 2 N–H and O–H groups in total. The van der Waals surface area contributed by atoms with Crippen molar-refractivity contribution in [1.29, 1.82) is 0 Å². The number of H-pyrrole nitrogens is 1. The highest BCUT2D eigenvalue weighted by Crippen LogP contribution is 2.28. The van der Waals surface area contributed by atoms with Gasteiger partial charge in [0.15, 0.2) is 0 Å². The van der Waals surface area contributed by atoms with Crippen molar-refractivity contribution < 1.29 is 4.79 Å². The zero-order valence-corrected chi connectivity index (χ0v) is 16.5. The first-order chi connectivity index (χ1) is 14.6. The molecule has 0 aliphatic heterocycles. The van der Waals surface area contributed by atoms with Crippen molar-refractivity contribution >= 4 is 5.91 Å². The molecule has 0 aliphatic carbocycles. The van der Waals surface area contributed by atoms with Crippen molar-refractivity contribution in [3.8, 4) is 22.5 Å². The van der Waals surface area contributed by atoms with E-state index in [1.54, 1.807) is 0 Å². The smallest absolute Gasteiger partial charge is 0.270 e. The summed E-state index contributed by atoms with van der Waals surface area (Å²) in [6.07, 6.45) is 0. The fourth-order valence-electron chi connectivity index (χ4n) is 3.41. The van der Waals surface area contributed by atoms with E-state index in [9.17, 15) is 9.59 Å². The van der Waals surface area contributed by atoms with Crippen LogP contribution in [0.15, 0.2) is 95.8 Å². The average Bonchev–Trinajstić information content (AvgIpc) is 2.80. The number of amides is 1. The Morgan fingerprint density at radius 2 is 1.47 bits per heavy atom. The van der Waals surface area contributed by atoms with Gasteiger partial charge >= 0.3 is 0 Å². The lowest BCUT2D eigenvalue weighted by Crippen LogP contribution is -2.29. The maximum atomic E-state index is 12.9. The van der Waals surface area contributed by atoms with Crippen molar-refractivity contribution in [2.45, 2.75) is 13.0 Å². The molecule has 0 aliphatic rings. The van der Waals surface area contributed by atoms with Crippen LogP contribution in [-0.2, 0) is 0 Å². The number of carbonyl (C=O) groups is 1. The van der Waals surface area contributed by atoms with Gasteiger partial charge in [0.1, 0.15) is 11.5 Å². The summed E-state index contributed by atoms with van der Waals surface area (Å²) in [6, 6.07) is 28.2. The molecule has 4 aromatic rings. The van der Waals surface area contributed by atoms with Gasteiger partial charge in [-0.15, -0.1) is 0 Å². The number of hydrogen-bond donors (Lipinski definition) is 2. The molecule has 0 saturated heterocycles. The van der Waals surface area contributed by atoms with Crippen molar-refractivity contribution in [3.63, 3.8) is 0 Å². The number of carbonyl (C=O) groups excluding carboxylic acids is 1. The number of nitrogens with one attached hydrogen (secondary N) is 2. The number of hydrogen-bond acceptors (Lipinski definition) is 3. The summed E-state index contributed by atoms with van der Waals surface area (Å²) in [7, 11) is 0. The summed E-state index contributed by atoms with van der Waals surface area (Å²) in [6.45, 7) is 1.92. The molecule has 4 rings (SSSR count). The summed E-state index contributed by atoms with van der Waals surface area (Å²) >= 11 is 0. The second-order valence-corrected chi connectivity index (χ2v) is 6.99. The first kappa shape index (κ1) is 19.3. The van der Waals surface area contributed by atoms with Gasteiger partial charge in [0.25, 0.3) is 11.5 Å². The highest BCUT2D eigenvalue weighted by atomic mass is 16.2. The summed E-state index contributed by atoms with van der Waals surface area (Å²) in [5.41, 5.74) is 3.58. The Hall–Kier alpha value is -3.99. The van der Waals surface area contributed by atoms with E-state index >= 15 is 0 Å². The highest BCUT2D eigenvalue weighted by Gasteiger charge is 2.17. The Balaban J connectivity index is 1.61. The average molecular weight is 395 g/mol. The summed E-state index contributed by atoms with van der Waals surface area (Å²) in [5.74, 6) is -0.0285. The molecule has 0 radical (unpaired) electrons. The molecule has 1 atom stereocenters. The number of aromatic nitrogens is 2. The van der Waals surface area contributed by atoms with Crippen molar-refractivity contribution in [1.82, 2.24) is 15.3 Å². The van der Waals surface area contributed by atoms with Gasteiger partial charge in [0.05, 0.1) is 6.04 Å². The quantitative estimate of drug-likeness (QED) is 0.519. The van der Waals surface area contributed by atoms with Gasteiger partial charge in [-0.05, 0) is 23.6 Å². The maximum Gasteiger partial charge on any atom is 0.270 e. The van der Waals surface area contributed by atoms with Crippen LogP contribution in [0, 0.1) is 0 Å². The van der Waals surface area contributed by atoms with Gasteiger partial charge in [0, 0.05) is 11.6 Å². The van der Waals surface area contributed by atoms with E-state index in [1.807, 2.05) is 91.9 Å². The van der Waals surface area contributed by atoms with Gasteiger partial charge < -0.3 is 10.3 Å². The van der Waals surface area contributed by atoms with E-state index in [-0.39, 0.29) is 17.3 Å². The van der Waals surface area contributed by atoms with Crippen molar-refractivity contribution in [2.75, 3.05) is 0 Å². The lowest BCUT2D eigenvalue weighted by atomic mass is 9.95. The van der Waals surface area contributed by atoms with Crippen LogP contribution in [-0.4, -0.2) is 15.9 Å². The second kappa shape index (κ2) is 8.57. The van der Waals surface area contributed by atoms with E-state index in [0.717, 1.165) is 22.3 Å². The van der Waals surface area contributed by atoms with E-state index < -0.39 is 5.91 Å². The zero-order chi connectivity index (χ0) is 20.9. The molecule has 0 bridgehead atoms. The summed E-state index contributed by atoms with van der Waals surface area (Å²) in [4.78, 5) is 32.0. The molecule has 0 fully saturated rings. The minimum Gasteiger partial charge on any atom is -0.344 e. The third-order valence-corrected chi connectivity index (χ3v) is 4.88. The Kier molecular flexibility index (Phi) is 5.52. The normalized spacial score (nSPS) is 11.6. The first-order valence-corrected chi connectivity index (χ1v) is 9.74. The molecule has 5 nitrogen and oxygen atoms in total. The molecular formula is C25H21N3O2. The number of aromatic amines is 1. The molecule has 0 spiro atoms. The van der Waals surface area contributed by atoms with E-state index in [4.69, 9.17) is 0 Å². The second-order valence-electron chi connectivity index (χ2n) is 6.99. The third-order valence-electron chi connectivity index (χ3n) is 4.88. The van der Waals surface area contributed by atoms with Crippen LogP contribution in [0.1, 0.15) is 29.0 Å². The largest absolute Gasteiger partial charge is 0.344 e. The topological polar surface area (TPSA) is 74.8 Å². The van der Waals surface area contributed by atoms with Crippen LogP contribution >= 0.6 is 0 Å². The standard InChI is InChI=1S/C25H21N3O2/c1-17(20-14-8-9-15-21(20)18-10-4-2-5-11-18)26-25(30)22-16-23(29)28-24(27-22)19-12-6-3-7-13-19/h2-17H,1H3,(H,26,30)(H,27,28,29). The first-order valence-electron chi connectivity index (χ1n) is 9.74. The monoisotopic (exact) mass is 395 g/mol.